The molecular weight excluding hydrogens is 406 g/mol. The maximum atomic E-state index is 12.6. The molecule has 0 unspecified atom stereocenters. The van der Waals surface area contributed by atoms with Crippen LogP contribution >= 0.6 is 11.6 Å². The summed E-state index contributed by atoms with van der Waals surface area (Å²) in [6.07, 6.45) is 1.42. The number of nitro groups is 1. The van der Waals surface area contributed by atoms with E-state index in [1.165, 1.54) is 60.5 Å². The molecule has 1 amide bonds. The Hall–Kier alpha value is -2.75. The SMILES string of the molecule is C=CCNS(=O)(=O)c1ccc(C(=O)N(C)Cc2cc([N+](=O)[O-])ccc2Cl)cc1. The number of nitrogens with one attached hydrogen (secondary N) is 1. The summed E-state index contributed by atoms with van der Waals surface area (Å²) < 4.78 is 26.4. The summed E-state index contributed by atoms with van der Waals surface area (Å²) in [6, 6.07) is 9.45. The number of hydrogen-bond acceptors (Lipinski definition) is 5. The molecule has 0 saturated heterocycles. The summed E-state index contributed by atoms with van der Waals surface area (Å²) in [6.45, 7) is 3.59. The lowest BCUT2D eigenvalue weighted by Crippen LogP contribution is -2.27. The fourth-order valence-electron chi connectivity index (χ4n) is 2.37. The van der Waals surface area contributed by atoms with Gasteiger partial charge in [-0.1, -0.05) is 17.7 Å². The van der Waals surface area contributed by atoms with Crippen LogP contribution in [0.25, 0.3) is 0 Å². The highest BCUT2D eigenvalue weighted by molar-refractivity contribution is 7.89. The van der Waals surface area contributed by atoms with Crippen molar-refractivity contribution in [3.8, 4) is 0 Å². The number of sulfonamides is 1. The van der Waals surface area contributed by atoms with Gasteiger partial charge in [0.15, 0.2) is 0 Å². The molecule has 0 fully saturated rings. The third kappa shape index (κ3) is 5.16. The van der Waals surface area contributed by atoms with Crippen molar-refractivity contribution < 1.29 is 18.1 Å². The second-order valence-electron chi connectivity index (χ2n) is 5.86. The molecule has 10 heteroatoms. The summed E-state index contributed by atoms with van der Waals surface area (Å²) in [5.41, 5.74) is 0.577. The quantitative estimate of drug-likeness (QED) is 0.398. The standard InChI is InChI=1S/C18H18ClN3O5S/c1-3-10-20-28(26,27)16-7-4-13(5-8-16)18(23)21(2)12-14-11-15(22(24)25)6-9-17(14)19/h3-9,11,20H,1,10,12H2,2H3. The summed E-state index contributed by atoms with van der Waals surface area (Å²) in [5.74, 6) is -0.384. The lowest BCUT2D eigenvalue weighted by atomic mass is 10.1. The van der Waals surface area contributed by atoms with E-state index >= 15 is 0 Å². The van der Waals surface area contributed by atoms with Crippen LogP contribution in [0.15, 0.2) is 60.0 Å². The van der Waals surface area contributed by atoms with Crippen LogP contribution in [-0.4, -0.2) is 37.7 Å². The van der Waals surface area contributed by atoms with Crippen LogP contribution < -0.4 is 4.72 Å². The van der Waals surface area contributed by atoms with Crippen molar-refractivity contribution in [2.75, 3.05) is 13.6 Å². The maximum absolute atomic E-state index is 12.6. The third-order valence-electron chi connectivity index (χ3n) is 3.82. The average molecular weight is 424 g/mol. The molecule has 8 nitrogen and oxygen atoms in total. The van der Waals surface area contributed by atoms with E-state index in [0.717, 1.165) is 0 Å². The largest absolute Gasteiger partial charge is 0.337 e. The third-order valence-corrected chi connectivity index (χ3v) is 5.63. The number of non-ortho nitro benzene ring substituents is 1. The van der Waals surface area contributed by atoms with Gasteiger partial charge in [0.1, 0.15) is 0 Å². The minimum atomic E-state index is -3.68. The van der Waals surface area contributed by atoms with Crippen molar-refractivity contribution in [2.45, 2.75) is 11.4 Å². The number of halogens is 1. The molecule has 0 bridgehead atoms. The fourth-order valence-corrected chi connectivity index (χ4v) is 3.55. The van der Waals surface area contributed by atoms with Crippen LogP contribution in [0.5, 0.6) is 0 Å². The Morgan fingerprint density at radius 2 is 1.93 bits per heavy atom. The molecular formula is C18H18ClN3O5S. The molecule has 0 spiro atoms. The van der Waals surface area contributed by atoms with E-state index < -0.39 is 14.9 Å². The van der Waals surface area contributed by atoms with Crippen molar-refractivity contribution >= 4 is 33.2 Å². The normalized spacial score (nSPS) is 11.1. The highest BCUT2D eigenvalue weighted by Gasteiger charge is 2.18. The molecule has 0 atom stereocenters. The number of rotatable bonds is 8. The fraction of sp³-hybridized carbons (Fsp3) is 0.167. The van der Waals surface area contributed by atoms with Crippen molar-refractivity contribution in [1.29, 1.82) is 0 Å². The minimum absolute atomic E-state index is 0.0234. The molecule has 0 aliphatic carbocycles. The summed E-state index contributed by atoms with van der Waals surface area (Å²) in [4.78, 5) is 24.3. The highest BCUT2D eigenvalue weighted by atomic mass is 35.5. The maximum Gasteiger partial charge on any atom is 0.269 e. The second-order valence-corrected chi connectivity index (χ2v) is 8.03. The van der Waals surface area contributed by atoms with Crippen LogP contribution in [0.1, 0.15) is 15.9 Å². The van der Waals surface area contributed by atoms with Gasteiger partial charge in [-0.3, -0.25) is 14.9 Å². The van der Waals surface area contributed by atoms with Crippen molar-refractivity contribution in [2.24, 2.45) is 0 Å². The van der Waals surface area contributed by atoms with Gasteiger partial charge in [-0.25, -0.2) is 13.1 Å². The molecule has 2 rings (SSSR count). The molecule has 1 N–H and O–H groups in total. The van der Waals surface area contributed by atoms with E-state index in [9.17, 15) is 23.3 Å². The Labute approximate surface area is 167 Å². The minimum Gasteiger partial charge on any atom is -0.337 e. The molecule has 0 saturated carbocycles. The van der Waals surface area contributed by atoms with Crippen LogP contribution in [-0.2, 0) is 16.6 Å². The Morgan fingerprint density at radius 3 is 2.50 bits per heavy atom. The number of hydrogen-bond donors (Lipinski definition) is 1. The van der Waals surface area contributed by atoms with Gasteiger partial charge in [-0.2, -0.15) is 0 Å². The van der Waals surface area contributed by atoms with E-state index in [1.54, 1.807) is 0 Å². The molecule has 0 radical (unpaired) electrons. The molecule has 2 aromatic carbocycles. The van der Waals surface area contributed by atoms with Crippen LogP contribution in [0, 0.1) is 10.1 Å². The number of amides is 1. The molecule has 0 aromatic heterocycles. The number of nitrogens with zero attached hydrogens (tertiary/aromatic N) is 2. The van der Waals surface area contributed by atoms with Gasteiger partial charge in [-0.05, 0) is 35.9 Å². The zero-order valence-electron chi connectivity index (χ0n) is 15.0. The number of benzene rings is 2. The first kappa shape index (κ1) is 21.5. The molecule has 0 aliphatic rings. The van der Waals surface area contributed by atoms with Crippen molar-refractivity contribution in [1.82, 2.24) is 9.62 Å². The lowest BCUT2D eigenvalue weighted by molar-refractivity contribution is -0.384. The number of nitro benzene ring substituents is 1. The van der Waals surface area contributed by atoms with E-state index in [4.69, 9.17) is 11.6 Å². The van der Waals surface area contributed by atoms with Gasteiger partial charge >= 0.3 is 0 Å². The van der Waals surface area contributed by atoms with Crippen molar-refractivity contribution in [3.05, 3.63) is 81.4 Å². The Morgan fingerprint density at radius 1 is 1.29 bits per heavy atom. The monoisotopic (exact) mass is 423 g/mol. The smallest absolute Gasteiger partial charge is 0.269 e. The van der Waals surface area contributed by atoms with E-state index in [0.29, 0.717) is 10.6 Å². The van der Waals surface area contributed by atoms with Gasteiger partial charge < -0.3 is 4.90 Å². The molecule has 0 heterocycles. The first-order chi connectivity index (χ1) is 13.2. The summed E-state index contributed by atoms with van der Waals surface area (Å²) in [5, 5.41) is 11.2. The highest BCUT2D eigenvalue weighted by Crippen LogP contribution is 2.23. The van der Waals surface area contributed by atoms with Gasteiger partial charge in [-0.15, -0.1) is 6.58 Å². The molecule has 148 valence electrons. The molecule has 2 aromatic rings. The van der Waals surface area contributed by atoms with E-state index in [1.807, 2.05) is 0 Å². The van der Waals surface area contributed by atoms with Gasteiger partial charge in [0.2, 0.25) is 10.0 Å². The van der Waals surface area contributed by atoms with Crippen LogP contribution in [0.4, 0.5) is 5.69 Å². The van der Waals surface area contributed by atoms with Crippen LogP contribution in [0.2, 0.25) is 5.02 Å². The summed E-state index contributed by atoms with van der Waals surface area (Å²) >= 11 is 6.07. The Bertz CT molecular complexity index is 1010. The van der Waals surface area contributed by atoms with Gasteiger partial charge in [0.05, 0.1) is 9.82 Å². The second kappa shape index (κ2) is 8.96. The molecule has 28 heavy (non-hydrogen) atoms. The number of carbonyl (C=O) groups excluding carboxylic acids is 1. The van der Waals surface area contributed by atoms with E-state index in [2.05, 4.69) is 11.3 Å². The first-order valence-electron chi connectivity index (χ1n) is 8.04. The van der Waals surface area contributed by atoms with Crippen LogP contribution in [0.3, 0.4) is 0 Å². The summed E-state index contributed by atoms with van der Waals surface area (Å²) in [7, 11) is -2.16. The Balaban J connectivity index is 2.17. The van der Waals surface area contributed by atoms with E-state index in [-0.39, 0.29) is 35.1 Å². The predicted molar refractivity (Wildman–Crippen MR) is 106 cm³/mol. The average Bonchev–Trinajstić information content (AvgIpc) is 2.67. The zero-order chi connectivity index (χ0) is 20.9. The zero-order valence-corrected chi connectivity index (χ0v) is 16.5. The van der Waals surface area contributed by atoms with Gasteiger partial charge in [0.25, 0.3) is 11.6 Å². The van der Waals surface area contributed by atoms with Gasteiger partial charge in [0, 0.05) is 42.9 Å². The number of carbonyl (C=O) groups is 1. The topological polar surface area (TPSA) is 110 Å². The first-order valence-corrected chi connectivity index (χ1v) is 9.90. The lowest BCUT2D eigenvalue weighted by Gasteiger charge is -2.18. The van der Waals surface area contributed by atoms with Crippen molar-refractivity contribution in [3.63, 3.8) is 0 Å². The predicted octanol–water partition coefficient (Wildman–Crippen LogP) is 2.98. The Kier molecular flexibility index (Phi) is 6.90. The molecule has 0 aliphatic heterocycles.